The van der Waals surface area contributed by atoms with Crippen molar-refractivity contribution in [2.45, 2.75) is 71.8 Å². The Bertz CT molecular complexity index is 1820. The number of nitrogens with one attached hydrogen (secondary N) is 3. The van der Waals surface area contributed by atoms with Crippen LogP contribution in [0.4, 0.5) is 16.2 Å². The van der Waals surface area contributed by atoms with E-state index in [1.807, 2.05) is 36.4 Å². The number of halogens is 2. The maximum Gasteiger partial charge on any atom is 0.323 e. The Morgan fingerprint density at radius 3 is 2.37 bits per heavy atom. The third-order valence-corrected chi connectivity index (χ3v) is 8.85. The Kier molecular flexibility index (Phi) is 12.7. The Labute approximate surface area is 296 Å². The third kappa shape index (κ3) is 10.1. The van der Waals surface area contributed by atoms with Gasteiger partial charge in [-0.05, 0) is 73.6 Å². The number of carbonyl (C=O) groups excluding carboxylic acids is 2. The zero-order valence-electron chi connectivity index (χ0n) is 27.9. The minimum absolute atomic E-state index is 0.0239. The van der Waals surface area contributed by atoms with Crippen LogP contribution in [0.1, 0.15) is 75.6 Å². The van der Waals surface area contributed by atoms with E-state index in [4.69, 9.17) is 27.9 Å². The molecule has 1 aliphatic rings. The third-order valence-electron chi connectivity index (χ3n) is 8.27. The van der Waals surface area contributed by atoms with E-state index in [-0.39, 0.29) is 33.9 Å². The SMILES string of the molecule is CCCCCCCCNC(=O)c1cc(OCC2CC2)cc(-c2cccc(-c3cc(NC(=O)Nc4c(Cl)cncc4Cl)c(=O)n(CC)n3)c2)c1. The second kappa shape index (κ2) is 17.3. The molecule has 2 aromatic heterocycles. The number of aryl methyl sites for hydroxylation is 1. The highest BCUT2D eigenvalue weighted by Crippen LogP contribution is 2.33. The summed E-state index contributed by atoms with van der Waals surface area (Å²) in [5, 5.41) is 13.1. The molecule has 5 rings (SSSR count). The first-order valence-electron chi connectivity index (χ1n) is 16.9. The van der Waals surface area contributed by atoms with Crippen LogP contribution in [0, 0.1) is 5.92 Å². The quantitative estimate of drug-likeness (QED) is 0.100. The predicted octanol–water partition coefficient (Wildman–Crippen LogP) is 8.82. The Hall–Kier alpha value is -4.41. The summed E-state index contributed by atoms with van der Waals surface area (Å²) in [6, 6.07) is 14.1. The molecule has 1 aliphatic carbocycles. The fraction of sp³-hybridized carbons (Fsp3) is 0.378. The molecule has 0 spiro atoms. The molecule has 1 saturated carbocycles. The molecule has 49 heavy (non-hydrogen) atoms. The van der Waals surface area contributed by atoms with Gasteiger partial charge in [-0.15, -0.1) is 0 Å². The zero-order chi connectivity index (χ0) is 34.8. The smallest absolute Gasteiger partial charge is 0.323 e. The summed E-state index contributed by atoms with van der Waals surface area (Å²) in [5.41, 5.74) is 3.09. The van der Waals surface area contributed by atoms with Gasteiger partial charge in [-0.2, -0.15) is 5.10 Å². The molecule has 0 bridgehead atoms. The number of benzene rings is 2. The first kappa shape index (κ1) is 35.9. The summed E-state index contributed by atoms with van der Waals surface area (Å²) in [4.78, 5) is 43.2. The maximum atomic E-state index is 13.3. The van der Waals surface area contributed by atoms with E-state index in [1.165, 1.54) is 48.8 Å². The van der Waals surface area contributed by atoms with E-state index >= 15 is 0 Å². The highest BCUT2D eigenvalue weighted by Gasteiger charge is 2.22. The normalized spacial score (nSPS) is 12.4. The van der Waals surface area contributed by atoms with Gasteiger partial charge in [-0.3, -0.25) is 14.6 Å². The molecule has 0 saturated heterocycles. The van der Waals surface area contributed by atoms with Crippen molar-refractivity contribution in [3.8, 4) is 28.1 Å². The van der Waals surface area contributed by atoms with Crippen LogP contribution in [-0.4, -0.2) is 39.9 Å². The number of nitrogens with zero attached hydrogens (tertiary/aromatic N) is 3. The number of aromatic nitrogens is 3. The number of urea groups is 1. The first-order valence-corrected chi connectivity index (χ1v) is 17.7. The monoisotopic (exact) mass is 704 g/mol. The summed E-state index contributed by atoms with van der Waals surface area (Å²) in [5.74, 6) is 1.06. The Morgan fingerprint density at radius 2 is 1.63 bits per heavy atom. The van der Waals surface area contributed by atoms with Gasteiger partial charge in [0, 0.05) is 36.6 Å². The molecular formula is C37H42Cl2N6O4. The van der Waals surface area contributed by atoms with Crippen molar-refractivity contribution in [3.05, 3.63) is 86.9 Å². The van der Waals surface area contributed by atoms with E-state index in [1.54, 1.807) is 13.0 Å². The number of hydrogen-bond donors (Lipinski definition) is 3. The molecule has 2 aromatic carbocycles. The van der Waals surface area contributed by atoms with Crippen molar-refractivity contribution < 1.29 is 14.3 Å². The van der Waals surface area contributed by atoms with Crippen LogP contribution in [0.15, 0.2) is 65.7 Å². The second-order valence-electron chi connectivity index (χ2n) is 12.2. The molecule has 12 heteroatoms. The minimum atomic E-state index is -0.703. The topological polar surface area (TPSA) is 127 Å². The van der Waals surface area contributed by atoms with Crippen LogP contribution < -0.4 is 26.2 Å². The average molecular weight is 706 g/mol. The van der Waals surface area contributed by atoms with E-state index in [0.29, 0.717) is 41.6 Å². The molecule has 258 valence electrons. The fourth-order valence-electron chi connectivity index (χ4n) is 5.33. The van der Waals surface area contributed by atoms with Gasteiger partial charge < -0.3 is 20.7 Å². The number of ether oxygens (including phenoxy) is 1. The zero-order valence-corrected chi connectivity index (χ0v) is 29.4. The van der Waals surface area contributed by atoms with Crippen LogP contribution in [0.2, 0.25) is 10.0 Å². The molecule has 0 radical (unpaired) electrons. The van der Waals surface area contributed by atoms with Crippen LogP contribution in [0.3, 0.4) is 0 Å². The number of amides is 3. The molecule has 0 atom stereocenters. The molecule has 1 fully saturated rings. The number of hydrogen-bond acceptors (Lipinski definition) is 6. The molecule has 0 aliphatic heterocycles. The number of unbranched alkanes of at least 4 members (excludes halogenated alkanes) is 5. The second-order valence-corrected chi connectivity index (χ2v) is 13.0. The van der Waals surface area contributed by atoms with Crippen LogP contribution in [0.5, 0.6) is 5.75 Å². The summed E-state index contributed by atoms with van der Waals surface area (Å²) in [6.45, 7) is 5.52. The van der Waals surface area contributed by atoms with Crippen molar-refractivity contribution in [3.63, 3.8) is 0 Å². The lowest BCUT2D eigenvalue weighted by atomic mass is 9.99. The van der Waals surface area contributed by atoms with Crippen molar-refractivity contribution in [2.24, 2.45) is 5.92 Å². The summed E-state index contributed by atoms with van der Waals surface area (Å²) >= 11 is 12.3. The van der Waals surface area contributed by atoms with Crippen LogP contribution >= 0.6 is 23.2 Å². The van der Waals surface area contributed by atoms with Crippen molar-refractivity contribution >= 4 is 46.5 Å². The largest absolute Gasteiger partial charge is 0.493 e. The minimum Gasteiger partial charge on any atom is -0.493 e. The highest BCUT2D eigenvalue weighted by atomic mass is 35.5. The van der Waals surface area contributed by atoms with Gasteiger partial charge in [-0.1, -0.05) is 80.4 Å². The van der Waals surface area contributed by atoms with E-state index in [2.05, 4.69) is 33.0 Å². The van der Waals surface area contributed by atoms with Crippen LogP contribution in [-0.2, 0) is 6.54 Å². The summed E-state index contributed by atoms with van der Waals surface area (Å²) in [6.07, 6.45) is 11.9. The molecule has 3 N–H and O–H groups in total. The van der Waals surface area contributed by atoms with Gasteiger partial charge in [0.25, 0.3) is 11.5 Å². The lowest BCUT2D eigenvalue weighted by molar-refractivity contribution is 0.0952. The number of carbonyl (C=O) groups is 2. The van der Waals surface area contributed by atoms with Crippen molar-refractivity contribution in [2.75, 3.05) is 23.8 Å². The Balaban J connectivity index is 1.38. The standard InChI is InChI=1S/C37H42Cl2N6O4/c1-3-5-6-7-8-9-15-41-35(46)28-17-27(18-29(19-28)49-23-24-13-14-24)25-11-10-12-26(16-25)32-20-33(36(47)45(4-2)44-32)42-37(48)43-34-30(38)21-40-22-31(34)39/h10-12,16-22,24H,3-9,13-15,23H2,1-2H3,(H,41,46)(H2,40,42,43,48). The lowest BCUT2D eigenvalue weighted by Gasteiger charge is -2.14. The summed E-state index contributed by atoms with van der Waals surface area (Å²) < 4.78 is 7.42. The lowest BCUT2D eigenvalue weighted by Crippen LogP contribution is -2.29. The van der Waals surface area contributed by atoms with Gasteiger partial charge in [0.15, 0.2) is 0 Å². The van der Waals surface area contributed by atoms with Gasteiger partial charge in [0.1, 0.15) is 11.4 Å². The molecule has 4 aromatic rings. The highest BCUT2D eigenvalue weighted by molar-refractivity contribution is 6.39. The van der Waals surface area contributed by atoms with Crippen molar-refractivity contribution in [1.29, 1.82) is 0 Å². The molecule has 3 amide bonds. The fourth-order valence-corrected chi connectivity index (χ4v) is 5.79. The van der Waals surface area contributed by atoms with Gasteiger partial charge in [-0.25, -0.2) is 9.48 Å². The van der Waals surface area contributed by atoms with Crippen molar-refractivity contribution in [1.82, 2.24) is 20.1 Å². The van der Waals surface area contributed by atoms with Crippen LogP contribution in [0.25, 0.3) is 22.4 Å². The molecular weight excluding hydrogens is 663 g/mol. The molecule has 0 unspecified atom stereocenters. The Morgan fingerprint density at radius 1 is 0.898 bits per heavy atom. The molecule has 2 heterocycles. The summed E-state index contributed by atoms with van der Waals surface area (Å²) in [7, 11) is 0. The van der Waals surface area contributed by atoms with E-state index in [9.17, 15) is 14.4 Å². The number of anilines is 2. The molecule has 10 nitrogen and oxygen atoms in total. The van der Waals surface area contributed by atoms with Gasteiger partial charge in [0.2, 0.25) is 0 Å². The first-order chi connectivity index (χ1) is 23.7. The predicted molar refractivity (Wildman–Crippen MR) is 196 cm³/mol. The van der Waals surface area contributed by atoms with Gasteiger partial charge >= 0.3 is 6.03 Å². The van der Waals surface area contributed by atoms with Gasteiger partial charge in [0.05, 0.1) is 28.0 Å². The number of rotatable bonds is 16. The van der Waals surface area contributed by atoms with E-state index < -0.39 is 11.6 Å². The maximum absolute atomic E-state index is 13.3. The van der Waals surface area contributed by atoms with E-state index in [0.717, 1.165) is 36.8 Å². The average Bonchev–Trinajstić information content (AvgIpc) is 3.94. The number of pyridine rings is 1.